The Morgan fingerprint density at radius 1 is 1.19 bits per heavy atom. The molecule has 0 aliphatic carbocycles. The summed E-state index contributed by atoms with van der Waals surface area (Å²) in [6, 6.07) is 9.09. The number of amides is 1. The quantitative estimate of drug-likeness (QED) is 0.550. The molecule has 134 valence electrons. The second-order valence-corrected chi connectivity index (χ2v) is 6.28. The summed E-state index contributed by atoms with van der Waals surface area (Å²) in [7, 11) is 0. The van der Waals surface area contributed by atoms with Crippen molar-refractivity contribution in [2.75, 3.05) is 11.1 Å². The molecule has 2 aromatic heterocycles. The molecule has 0 saturated heterocycles. The Kier molecular flexibility index (Phi) is 5.32. The molecule has 3 N–H and O–H groups in total. The number of carbonyl (C=O) groups excluding carboxylic acids is 1. The van der Waals surface area contributed by atoms with Gasteiger partial charge in [-0.1, -0.05) is 30.0 Å². The molecule has 0 atom stereocenters. The highest BCUT2D eigenvalue weighted by Crippen LogP contribution is 2.18. The van der Waals surface area contributed by atoms with Crippen molar-refractivity contribution in [2.45, 2.75) is 18.6 Å². The molecule has 0 aliphatic rings. The molecule has 0 fully saturated rings. The molecule has 26 heavy (non-hydrogen) atoms. The normalized spacial score (nSPS) is 10.7. The molecule has 0 bridgehead atoms. The first-order valence-electron chi connectivity index (χ1n) is 7.63. The van der Waals surface area contributed by atoms with Crippen molar-refractivity contribution >= 4 is 23.4 Å². The van der Waals surface area contributed by atoms with Crippen LogP contribution in [0.25, 0.3) is 0 Å². The smallest absolute Gasteiger partial charge is 0.325 e. The van der Waals surface area contributed by atoms with Crippen LogP contribution >= 0.6 is 11.8 Å². The number of para-hydroxylation sites is 1. The zero-order valence-electron chi connectivity index (χ0n) is 13.7. The minimum Gasteiger partial charge on any atom is -0.416 e. The number of anilines is 1. The van der Waals surface area contributed by atoms with Gasteiger partial charge in [-0.05, 0) is 19.1 Å². The van der Waals surface area contributed by atoms with Crippen LogP contribution in [0.1, 0.15) is 17.1 Å². The summed E-state index contributed by atoms with van der Waals surface area (Å²) in [5, 5.41) is 10.7. The maximum Gasteiger partial charge on any atom is 0.325 e. The van der Waals surface area contributed by atoms with Gasteiger partial charge in [0.25, 0.3) is 10.8 Å². The fourth-order valence-electron chi connectivity index (χ4n) is 2.20. The van der Waals surface area contributed by atoms with E-state index < -0.39 is 11.2 Å². The third kappa shape index (κ3) is 4.48. The van der Waals surface area contributed by atoms with Gasteiger partial charge in [0.2, 0.25) is 11.8 Å². The van der Waals surface area contributed by atoms with E-state index >= 15 is 0 Å². The Hall–Kier alpha value is -3.14. The summed E-state index contributed by atoms with van der Waals surface area (Å²) in [6.45, 7) is 1.62. The molecule has 9 nitrogen and oxygen atoms in total. The Balaban J connectivity index is 1.59. The van der Waals surface area contributed by atoms with Crippen LogP contribution in [0.2, 0.25) is 0 Å². The first kappa shape index (κ1) is 17.7. The number of aryl methyl sites for hydroxylation is 1. The van der Waals surface area contributed by atoms with Gasteiger partial charge in [-0.25, -0.2) is 4.79 Å². The van der Waals surface area contributed by atoms with Gasteiger partial charge in [0.05, 0.1) is 12.2 Å². The maximum atomic E-state index is 11.9. The van der Waals surface area contributed by atoms with E-state index in [1.54, 1.807) is 19.1 Å². The summed E-state index contributed by atoms with van der Waals surface area (Å²) in [4.78, 5) is 39.6. The average molecular weight is 373 g/mol. The van der Waals surface area contributed by atoms with E-state index in [9.17, 15) is 14.4 Å². The van der Waals surface area contributed by atoms with Gasteiger partial charge in [-0.2, -0.15) is 0 Å². The molecule has 0 saturated carbocycles. The Morgan fingerprint density at radius 2 is 1.96 bits per heavy atom. The Morgan fingerprint density at radius 3 is 2.69 bits per heavy atom. The van der Waals surface area contributed by atoms with Crippen molar-refractivity contribution in [3.63, 3.8) is 0 Å². The number of aromatic nitrogens is 4. The molecule has 0 spiro atoms. The number of benzene rings is 1. The van der Waals surface area contributed by atoms with Crippen LogP contribution in [0.5, 0.6) is 0 Å². The van der Waals surface area contributed by atoms with Gasteiger partial charge in [0, 0.05) is 16.9 Å². The highest BCUT2D eigenvalue weighted by Gasteiger charge is 2.14. The second kappa shape index (κ2) is 7.83. The van der Waals surface area contributed by atoms with Crippen molar-refractivity contribution in [3.8, 4) is 0 Å². The lowest BCUT2D eigenvalue weighted by molar-refractivity contribution is -0.113. The van der Waals surface area contributed by atoms with Gasteiger partial charge >= 0.3 is 5.69 Å². The third-order valence-corrected chi connectivity index (χ3v) is 4.23. The summed E-state index contributed by atoms with van der Waals surface area (Å²) < 4.78 is 5.44. The summed E-state index contributed by atoms with van der Waals surface area (Å²) in [5.41, 5.74) is 0.417. The molecule has 1 aromatic carbocycles. The summed E-state index contributed by atoms with van der Waals surface area (Å²) >= 11 is 1.09. The first-order chi connectivity index (χ1) is 12.5. The van der Waals surface area contributed by atoms with Crippen molar-refractivity contribution in [1.82, 2.24) is 20.2 Å². The van der Waals surface area contributed by atoms with Crippen LogP contribution in [-0.2, 0) is 11.2 Å². The molecule has 1 amide bonds. The fourth-order valence-corrected chi connectivity index (χ4v) is 2.78. The molecule has 0 aliphatic heterocycles. The van der Waals surface area contributed by atoms with Gasteiger partial charge in [0.15, 0.2) is 0 Å². The number of thioether (sulfide) groups is 1. The first-order valence-corrected chi connectivity index (χ1v) is 8.62. The molecule has 3 aromatic rings. The number of hydrogen-bond donors (Lipinski definition) is 3. The van der Waals surface area contributed by atoms with Crippen LogP contribution in [0, 0.1) is 6.92 Å². The lowest BCUT2D eigenvalue weighted by Crippen LogP contribution is -2.27. The maximum absolute atomic E-state index is 11.9. The molecule has 0 radical (unpaired) electrons. The predicted octanol–water partition coefficient (Wildman–Crippen LogP) is 1.08. The number of hydrogen-bond acceptors (Lipinski definition) is 7. The number of H-pyrrole nitrogens is 2. The molecule has 0 unspecified atom stereocenters. The lowest BCUT2D eigenvalue weighted by atomic mass is 10.2. The van der Waals surface area contributed by atoms with E-state index in [0.29, 0.717) is 16.9 Å². The lowest BCUT2D eigenvalue weighted by Gasteiger charge is -2.02. The van der Waals surface area contributed by atoms with Crippen molar-refractivity contribution in [3.05, 3.63) is 68.3 Å². The van der Waals surface area contributed by atoms with Gasteiger partial charge in [0.1, 0.15) is 0 Å². The highest BCUT2D eigenvalue weighted by atomic mass is 32.2. The van der Waals surface area contributed by atoms with Crippen LogP contribution in [0.4, 0.5) is 5.69 Å². The highest BCUT2D eigenvalue weighted by molar-refractivity contribution is 7.99. The van der Waals surface area contributed by atoms with Crippen molar-refractivity contribution in [2.24, 2.45) is 0 Å². The molecule has 2 heterocycles. The van der Waals surface area contributed by atoms with E-state index in [1.165, 1.54) is 0 Å². The number of aromatic amines is 2. The topological polar surface area (TPSA) is 134 Å². The van der Waals surface area contributed by atoms with E-state index in [2.05, 4.69) is 25.5 Å². The minimum absolute atomic E-state index is 0.0850. The van der Waals surface area contributed by atoms with Gasteiger partial charge in [-0.15, -0.1) is 10.2 Å². The van der Waals surface area contributed by atoms with Crippen LogP contribution in [0.15, 0.2) is 49.6 Å². The monoisotopic (exact) mass is 373 g/mol. The number of nitrogens with zero attached hydrogens (tertiary/aromatic N) is 2. The zero-order valence-corrected chi connectivity index (χ0v) is 14.6. The predicted molar refractivity (Wildman–Crippen MR) is 95.3 cm³/mol. The van der Waals surface area contributed by atoms with Crippen LogP contribution in [-0.4, -0.2) is 31.8 Å². The minimum atomic E-state index is -0.567. The van der Waals surface area contributed by atoms with Crippen molar-refractivity contribution in [1.29, 1.82) is 0 Å². The molecule has 3 rings (SSSR count). The molecule has 10 heteroatoms. The van der Waals surface area contributed by atoms with E-state index in [1.807, 2.05) is 18.2 Å². The number of nitrogens with one attached hydrogen (secondary N) is 3. The SMILES string of the molecule is Cc1[nH]c(=O)[nH]c(=O)c1Cc1nnc(SCC(=O)Nc2ccccc2)o1. The molecular weight excluding hydrogens is 358 g/mol. The van der Waals surface area contributed by atoms with Crippen LogP contribution < -0.4 is 16.6 Å². The van der Waals surface area contributed by atoms with E-state index in [0.717, 1.165) is 11.8 Å². The summed E-state index contributed by atoms with van der Waals surface area (Å²) in [6.07, 6.45) is 0.0850. The number of carbonyl (C=O) groups is 1. The Bertz CT molecular complexity index is 1020. The summed E-state index contributed by atoms with van der Waals surface area (Å²) in [5.74, 6) is 0.125. The van der Waals surface area contributed by atoms with Gasteiger partial charge in [-0.3, -0.25) is 14.6 Å². The number of rotatable bonds is 6. The van der Waals surface area contributed by atoms with Crippen molar-refractivity contribution < 1.29 is 9.21 Å². The standard InChI is InChI=1S/C16H15N5O4S/c1-9-11(14(23)19-15(24)17-9)7-13-20-21-16(25-13)26-8-12(22)18-10-5-3-2-4-6-10/h2-6H,7-8H2,1H3,(H,18,22)(H2,17,19,23,24). The largest absolute Gasteiger partial charge is 0.416 e. The second-order valence-electron chi connectivity index (χ2n) is 5.35. The molecular formula is C16H15N5O4S. The van der Waals surface area contributed by atoms with E-state index in [-0.39, 0.29) is 29.2 Å². The fraction of sp³-hybridized carbons (Fsp3) is 0.188. The third-order valence-electron chi connectivity index (χ3n) is 3.42. The zero-order chi connectivity index (χ0) is 18.5. The van der Waals surface area contributed by atoms with Gasteiger partial charge < -0.3 is 14.7 Å². The van der Waals surface area contributed by atoms with Crippen LogP contribution in [0.3, 0.4) is 0 Å². The Labute approximate surface area is 151 Å². The average Bonchev–Trinajstić information content (AvgIpc) is 3.05. The van der Waals surface area contributed by atoms with E-state index in [4.69, 9.17) is 4.42 Å².